The van der Waals surface area contributed by atoms with Crippen LogP contribution in [0.1, 0.15) is 13.8 Å². The van der Waals surface area contributed by atoms with E-state index in [-0.39, 0.29) is 0 Å². The van der Waals surface area contributed by atoms with Gasteiger partial charge in [0.05, 0.1) is 5.92 Å². The van der Waals surface area contributed by atoms with Crippen molar-refractivity contribution < 1.29 is 19.4 Å². The summed E-state index contributed by atoms with van der Waals surface area (Å²) in [7, 11) is 0. The summed E-state index contributed by atoms with van der Waals surface area (Å²) in [5, 5.41) is 9.32. The lowest BCUT2D eigenvalue weighted by Gasteiger charge is -2.17. The average molecular weight is 234 g/mol. The molecule has 0 saturated heterocycles. The number of rotatable bonds is 4. The first kappa shape index (κ1) is 11.6. The van der Waals surface area contributed by atoms with Crippen molar-refractivity contribution in [2.45, 2.75) is 19.4 Å². The number of benzene rings is 1. The Bertz CT molecular complexity index is 452. The van der Waals surface area contributed by atoms with Crippen molar-refractivity contribution in [1.82, 2.24) is 0 Å². The van der Waals surface area contributed by atoms with E-state index < -0.39 is 22.9 Å². The summed E-state index contributed by atoms with van der Waals surface area (Å²) in [5.74, 6) is -1.25. The maximum absolute atomic E-state index is 11.4. The second-order valence-corrected chi connectivity index (χ2v) is 4.79. The first-order valence-electron chi connectivity index (χ1n) is 5.39. The lowest BCUT2D eigenvalue weighted by molar-refractivity contribution is -0.150. The van der Waals surface area contributed by atoms with Crippen LogP contribution >= 0.6 is 0 Å². The van der Waals surface area contributed by atoms with Gasteiger partial charge in [0.25, 0.3) is 0 Å². The molecule has 17 heavy (non-hydrogen) atoms. The highest BCUT2D eigenvalue weighted by Gasteiger charge is 2.79. The van der Waals surface area contributed by atoms with Gasteiger partial charge in [0, 0.05) is 5.41 Å². The van der Waals surface area contributed by atoms with Gasteiger partial charge in [-0.3, -0.25) is 0 Å². The Morgan fingerprint density at radius 1 is 1.35 bits per heavy atom. The topological polar surface area (TPSA) is 63.6 Å². The minimum absolute atomic E-state index is 0.465. The number of aldehydes is 1. The molecule has 0 heterocycles. The molecule has 1 aromatic rings. The number of carbonyl (C=O) groups excluding carboxylic acids is 1. The summed E-state index contributed by atoms with van der Waals surface area (Å²) < 4.78 is 5.56. The Kier molecular flexibility index (Phi) is 2.45. The van der Waals surface area contributed by atoms with Crippen LogP contribution in [0.4, 0.5) is 0 Å². The SMILES string of the molecule is CC1(C)C(C=O)C1(Oc1ccccc1)C(=O)O. The van der Waals surface area contributed by atoms with Crippen molar-refractivity contribution in [3.63, 3.8) is 0 Å². The van der Waals surface area contributed by atoms with E-state index in [4.69, 9.17) is 4.74 Å². The molecule has 1 aromatic carbocycles. The molecule has 0 bridgehead atoms. The average Bonchev–Trinajstić information content (AvgIpc) is 2.76. The van der Waals surface area contributed by atoms with Crippen LogP contribution in [-0.4, -0.2) is 23.0 Å². The zero-order chi connectivity index (χ0) is 12.7. The summed E-state index contributed by atoms with van der Waals surface area (Å²) in [4.78, 5) is 22.3. The molecule has 2 unspecified atom stereocenters. The fourth-order valence-electron chi connectivity index (χ4n) is 2.35. The Morgan fingerprint density at radius 2 is 1.94 bits per heavy atom. The Hall–Kier alpha value is -1.84. The maximum atomic E-state index is 11.4. The number of carboxylic acid groups (broad SMARTS) is 1. The molecule has 2 atom stereocenters. The molecule has 1 fully saturated rings. The van der Waals surface area contributed by atoms with E-state index in [1.807, 2.05) is 6.07 Å². The van der Waals surface area contributed by atoms with Crippen molar-refractivity contribution in [1.29, 1.82) is 0 Å². The highest BCUT2D eigenvalue weighted by atomic mass is 16.5. The molecule has 1 saturated carbocycles. The van der Waals surface area contributed by atoms with Gasteiger partial charge in [0.2, 0.25) is 5.60 Å². The number of aliphatic carboxylic acids is 1. The molecule has 0 amide bonds. The number of carbonyl (C=O) groups is 2. The molecule has 0 radical (unpaired) electrons. The smallest absolute Gasteiger partial charge is 0.349 e. The van der Waals surface area contributed by atoms with E-state index >= 15 is 0 Å². The van der Waals surface area contributed by atoms with E-state index in [9.17, 15) is 14.7 Å². The third-order valence-electron chi connectivity index (χ3n) is 3.57. The van der Waals surface area contributed by atoms with Crippen molar-refractivity contribution in [2.24, 2.45) is 11.3 Å². The second-order valence-electron chi connectivity index (χ2n) is 4.79. The molecular weight excluding hydrogens is 220 g/mol. The molecule has 0 spiro atoms. The fourth-order valence-corrected chi connectivity index (χ4v) is 2.35. The Balaban J connectivity index is 2.34. The zero-order valence-corrected chi connectivity index (χ0v) is 9.71. The highest BCUT2D eigenvalue weighted by molar-refractivity contribution is 5.91. The van der Waals surface area contributed by atoms with Crippen LogP contribution < -0.4 is 4.74 Å². The van der Waals surface area contributed by atoms with Crippen LogP contribution in [0.3, 0.4) is 0 Å². The zero-order valence-electron chi connectivity index (χ0n) is 9.71. The first-order valence-corrected chi connectivity index (χ1v) is 5.39. The summed E-state index contributed by atoms with van der Waals surface area (Å²) in [6.45, 7) is 3.45. The van der Waals surface area contributed by atoms with E-state index in [1.54, 1.807) is 38.1 Å². The van der Waals surface area contributed by atoms with Crippen LogP contribution in [0.25, 0.3) is 0 Å². The van der Waals surface area contributed by atoms with Crippen LogP contribution in [0.2, 0.25) is 0 Å². The molecule has 4 nitrogen and oxygen atoms in total. The third kappa shape index (κ3) is 1.44. The van der Waals surface area contributed by atoms with Crippen LogP contribution in [0.15, 0.2) is 30.3 Å². The van der Waals surface area contributed by atoms with Crippen LogP contribution in [0, 0.1) is 11.3 Å². The van der Waals surface area contributed by atoms with Gasteiger partial charge >= 0.3 is 5.97 Å². The van der Waals surface area contributed by atoms with Gasteiger partial charge in [-0.1, -0.05) is 32.0 Å². The monoisotopic (exact) mass is 234 g/mol. The molecule has 0 aromatic heterocycles. The quantitative estimate of drug-likeness (QED) is 0.806. The predicted octanol–water partition coefficient (Wildman–Crippen LogP) is 1.74. The molecular formula is C13H14O4. The van der Waals surface area contributed by atoms with Crippen molar-refractivity contribution in [2.75, 3.05) is 0 Å². The lowest BCUT2D eigenvalue weighted by Crippen LogP contribution is -2.35. The third-order valence-corrected chi connectivity index (χ3v) is 3.57. The van der Waals surface area contributed by atoms with Gasteiger partial charge in [0.1, 0.15) is 12.0 Å². The predicted molar refractivity (Wildman–Crippen MR) is 60.8 cm³/mol. The summed E-state index contributed by atoms with van der Waals surface area (Å²) >= 11 is 0. The number of hydrogen-bond acceptors (Lipinski definition) is 3. The molecule has 1 aliphatic carbocycles. The molecule has 1 N–H and O–H groups in total. The van der Waals surface area contributed by atoms with E-state index in [2.05, 4.69) is 0 Å². The molecule has 90 valence electrons. The van der Waals surface area contributed by atoms with Crippen LogP contribution in [-0.2, 0) is 9.59 Å². The maximum Gasteiger partial charge on any atom is 0.349 e. The molecule has 2 rings (SSSR count). The van der Waals surface area contributed by atoms with E-state index in [0.29, 0.717) is 12.0 Å². The molecule has 0 aliphatic heterocycles. The summed E-state index contributed by atoms with van der Waals surface area (Å²) in [6.07, 6.45) is 0.664. The highest BCUT2D eigenvalue weighted by Crippen LogP contribution is 2.62. The standard InChI is InChI=1S/C13H14O4/c1-12(2)10(8-14)13(12,11(15)16)17-9-6-4-3-5-7-9/h3-8,10H,1-2H3,(H,15,16). The molecule has 1 aliphatic rings. The van der Waals surface area contributed by atoms with Gasteiger partial charge < -0.3 is 14.6 Å². The normalized spacial score (nSPS) is 29.4. The molecule has 4 heteroatoms. The summed E-state index contributed by atoms with van der Waals surface area (Å²) in [5.41, 5.74) is -2.12. The Labute approximate surface area is 99.2 Å². The van der Waals surface area contributed by atoms with Crippen LogP contribution in [0.5, 0.6) is 5.75 Å². The lowest BCUT2D eigenvalue weighted by atomic mass is 10.1. The van der Waals surface area contributed by atoms with Gasteiger partial charge in [-0.05, 0) is 12.1 Å². The largest absolute Gasteiger partial charge is 0.478 e. The van der Waals surface area contributed by atoms with Gasteiger partial charge in [-0.25, -0.2) is 4.79 Å². The van der Waals surface area contributed by atoms with Gasteiger partial charge in [-0.2, -0.15) is 0 Å². The first-order chi connectivity index (χ1) is 7.96. The fraction of sp³-hybridized carbons (Fsp3) is 0.385. The number of hydrogen-bond donors (Lipinski definition) is 1. The second kappa shape index (κ2) is 3.58. The van der Waals surface area contributed by atoms with Crippen molar-refractivity contribution in [3.05, 3.63) is 30.3 Å². The minimum Gasteiger partial charge on any atom is -0.478 e. The van der Waals surface area contributed by atoms with Crippen molar-refractivity contribution >= 4 is 12.3 Å². The number of para-hydroxylation sites is 1. The van der Waals surface area contributed by atoms with Crippen molar-refractivity contribution in [3.8, 4) is 5.75 Å². The van der Waals surface area contributed by atoms with E-state index in [1.165, 1.54) is 0 Å². The Morgan fingerprint density at radius 3 is 2.35 bits per heavy atom. The van der Waals surface area contributed by atoms with Gasteiger partial charge in [-0.15, -0.1) is 0 Å². The number of ether oxygens (including phenoxy) is 1. The van der Waals surface area contributed by atoms with E-state index in [0.717, 1.165) is 0 Å². The van der Waals surface area contributed by atoms with Gasteiger partial charge in [0.15, 0.2) is 0 Å². The number of carboxylic acids is 1. The summed E-state index contributed by atoms with van der Waals surface area (Å²) in [6, 6.07) is 8.70. The minimum atomic E-state index is -1.43.